The lowest BCUT2D eigenvalue weighted by Crippen LogP contribution is -2.69. The van der Waals surface area contributed by atoms with E-state index in [1.807, 2.05) is 0 Å². The van der Waals surface area contributed by atoms with E-state index in [1.165, 1.54) is 0 Å². The van der Waals surface area contributed by atoms with Crippen molar-refractivity contribution in [3.05, 3.63) is 10.4 Å². The number of hydrogen-bond donors (Lipinski definition) is 13. The number of hydrogen-bond acceptors (Lipinski definition) is 22. The van der Waals surface area contributed by atoms with Gasteiger partial charge in [-0.05, 0) is 5.53 Å². The number of rotatable bonds is 15. The first-order valence-corrected chi connectivity index (χ1v) is 16.6. The lowest BCUT2D eigenvalue weighted by molar-refractivity contribution is -0.380. The molecule has 1 amide bonds. The van der Waals surface area contributed by atoms with Crippen LogP contribution in [0.4, 0.5) is 0 Å². The van der Waals surface area contributed by atoms with Crippen molar-refractivity contribution in [1.82, 2.24) is 5.32 Å². The molecule has 4 saturated heterocycles. The number of ether oxygens (including phenoxy) is 8. The second-order valence-corrected chi connectivity index (χ2v) is 12.7. The highest BCUT2D eigenvalue weighted by molar-refractivity contribution is 5.73. The van der Waals surface area contributed by atoms with E-state index in [0.29, 0.717) is 0 Å². The number of aliphatic hydroxyl groups is 12. The topological polar surface area (TPSA) is 394 Å². The van der Waals surface area contributed by atoms with Crippen LogP contribution in [0.1, 0.15) is 6.92 Å². The van der Waals surface area contributed by atoms with Gasteiger partial charge in [0, 0.05) is 18.4 Å². The minimum atomic E-state index is -2.03. The largest absolute Gasteiger partial charge is 0.394 e. The van der Waals surface area contributed by atoms with Crippen molar-refractivity contribution < 1.29 is 104 Å². The summed E-state index contributed by atoms with van der Waals surface area (Å²) in [5.41, 5.74) is 8.40. The highest BCUT2D eigenvalue weighted by Gasteiger charge is 2.55. The van der Waals surface area contributed by atoms with Crippen LogP contribution in [-0.2, 0) is 42.7 Å². The number of azide groups is 1. The Morgan fingerprint density at radius 3 is 1.51 bits per heavy atom. The fourth-order valence-electron chi connectivity index (χ4n) is 6.33. The van der Waals surface area contributed by atoms with Crippen LogP contribution in [0.25, 0.3) is 10.4 Å². The molecule has 0 aromatic rings. The standard InChI is InChI=1S/C28H48N4O21/c1-8(37)31-13-15(39)22(52-27-19(43)16(40)14(38)9(4-33)47-27)10(5-34)48-25(13)51-23-12(7-36)50-28(21(45)18(23)42)53-24-11(6-35)49-26(20(44)17(24)41)46-3-2-30-32-29/h9-28,33-36,38-45H,2-7H2,1H3,(H,31,37)/t9-,10-,11-,12-,13-,14+,15-,16+,17-,18-,19-,20-,21-,22-,23+,24-,25+,26-,27+,28+/m1/s1. The van der Waals surface area contributed by atoms with Gasteiger partial charge in [-0.3, -0.25) is 4.79 Å². The second kappa shape index (κ2) is 19.7. The van der Waals surface area contributed by atoms with Crippen LogP contribution in [0.2, 0.25) is 0 Å². The average molecular weight is 777 g/mol. The molecule has 306 valence electrons. The van der Waals surface area contributed by atoms with Crippen molar-refractivity contribution >= 4 is 5.91 Å². The predicted molar refractivity (Wildman–Crippen MR) is 163 cm³/mol. The number of nitrogens with zero attached hydrogens (tertiary/aromatic N) is 3. The van der Waals surface area contributed by atoms with E-state index in [0.717, 1.165) is 6.92 Å². The Morgan fingerprint density at radius 1 is 0.604 bits per heavy atom. The first-order valence-electron chi connectivity index (χ1n) is 16.6. The zero-order valence-corrected chi connectivity index (χ0v) is 28.2. The smallest absolute Gasteiger partial charge is 0.217 e. The molecular formula is C28H48N4O21. The SMILES string of the molecule is CC(=O)N[C@H]1[C@H](O[C@@H]2[C@H](O)[C@@H](O)[C@H](O[C@H]3[C@H](O)[C@@H](O)[C@H](OCCN=[N+]=[N-])O[C@@H]3CO)O[C@@H]2CO)O[C@H](CO)[C@@H](O[C@@H]2O[C@H](CO)[C@H](O)[C@H](O)[C@H]2O)[C@@H]1O. The summed E-state index contributed by atoms with van der Waals surface area (Å²) in [6, 6.07) is -1.59. The van der Waals surface area contributed by atoms with Gasteiger partial charge in [0.15, 0.2) is 25.2 Å². The van der Waals surface area contributed by atoms with Crippen molar-refractivity contribution in [2.45, 2.75) is 130 Å². The van der Waals surface area contributed by atoms with Gasteiger partial charge >= 0.3 is 0 Å². The Labute approximate surface area is 300 Å². The molecule has 0 spiro atoms. The molecule has 0 radical (unpaired) electrons. The molecule has 4 heterocycles. The van der Waals surface area contributed by atoms with Gasteiger partial charge in [0.25, 0.3) is 0 Å². The fraction of sp³-hybridized carbons (Fsp3) is 0.964. The lowest BCUT2D eigenvalue weighted by Gasteiger charge is -2.50. The zero-order valence-electron chi connectivity index (χ0n) is 28.2. The van der Waals surface area contributed by atoms with Crippen LogP contribution in [0.3, 0.4) is 0 Å². The third-order valence-electron chi connectivity index (χ3n) is 9.12. The molecule has 4 aliphatic rings. The summed E-state index contributed by atoms with van der Waals surface area (Å²) < 4.78 is 44.6. The summed E-state index contributed by atoms with van der Waals surface area (Å²) in [4.78, 5) is 14.7. The third kappa shape index (κ3) is 9.87. The summed E-state index contributed by atoms with van der Waals surface area (Å²) >= 11 is 0. The molecule has 13 N–H and O–H groups in total. The molecule has 0 aliphatic carbocycles. The Balaban J connectivity index is 1.48. The van der Waals surface area contributed by atoms with Crippen molar-refractivity contribution in [1.29, 1.82) is 0 Å². The van der Waals surface area contributed by atoms with Gasteiger partial charge in [0.2, 0.25) is 5.91 Å². The zero-order chi connectivity index (χ0) is 39.1. The van der Waals surface area contributed by atoms with Crippen LogP contribution in [0, 0.1) is 0 Å². The van der Waals surface area contributed by atoms with Gasteiger partial charge < -0.3 is 104 Å². The fourth-order valence-corrected chi connectivity index (χ4v) is 6.33. The first-order chi connectivity index (χ1) is 25.2. The van der Waals surface area contributed by atoms with Crippen molar-refractivity contribution in [2.75, 3.05) is 39.6 Å². The quantitative estimate of drug-likeness (QED) is 0.0318. The van der Waals surface area contributed by atoms with E-state index in [4.69, 9.17) is 43.4 Å². The van der Waals surface area contributed by atoms with Crippen LogP contribution >= 0.6 is 0 Å². The van der Waals surface area contributed by atoms with E-state index < -0.39 is 155 Å². The predicted octanol–water partition coefficient (Wildman–Crippen LogP) is -8.27. The van der Waals surface area contributed by atoms with Crippen LogP contribution < -0.4 is 5.32 Å². The van der Waals surface area contributed by atoms with Crippen LogP contribution in [-0.4, -0.2) is 230 Å². The lowest BCUT2D eigenvalue weighted by atomic mass is 9.94. The number of nitrogens with one attached hydrogen (secondary N) is 1. The molecule has 4 fully saturated rings. The number of carbonyl (C=O) groups is 1. The average Bonchev–Trinajstić information content (AvgIpc) is 3.14. The highest BCUT2D eigenvalue weighted by atomic mass is 16.8. The van der Waals surface area contributed by atoms with Gasteiger partial charge in [-0.25, -0.2) is 0 Å². The van der Waals surface area contributed by atoms with Crippen molar-refractivity contribution in [2.24, 2.45) is 5.11 Å². The molecule has 20 atom stereocenters. The maximum atomic E-state index is 12.2. The van der Waals surface area contributed by atoms with Gasteiger partial charge in [-0.2, -0.15) is 0 Å². The summed E-state index contributed by atoms with van der Waals surface area (Å²) in [5.74, 6) is -0.745. The van der Waals surface area contributed by atoms with Crippen molar-refractivity contribution in [3.63, 3.8) is 0 Å². The molecule has 0 aromatic heterocycles. The Hall–Kier alpha value is -2.02. The monoisotopic (exact) mass is 776 g/mol. The summed E-state index contributed by atoms with van der Waals surface area (Å²) in [7, 11) is 0. The number of carbonyl (C=O) groups excluding carboxylic acids is 1. The Kier molecular flexibility index (Phi) is 16.3. The molecule has 25 nitrogen and oxygen atoms in total. The van der Waals surface area contributed by atoms with E-state index >= 15 is 0 Å². The van der Waals surface area contributed by atoms with Gasteiger partial charge in [0.1, 0.15) is 97.6 Å². The molecule has 0 unspecified atom stereocenters. The molecule has 0 bridgehead atoms. The van der Waals surface area contributed by atoms with Gasteiger partial charge in [-0.1, -0.05) is 5.11 Å². The molecule has 53 heavy (non-hydrogen) atoms. The number of amides is 1. The number of aliphatic hydroxyl groups excluding tert-OH is 12. The molecule has 25 heteroatoms. The van der Waals surface area contributed by atoms with E-state index in [9.17, 15) is 66.1 Å². The maximum Gasteiger partial charge on any atom is 0.217 e. The second-order valence-electron chi connectivity index (χ2n) is 12.7. The molecule has 4 aliphatic heterocycles. The van der Waals surface area contributed by atoms with E-state index in [-0.39, 0.29) is 13.2 Å². The first kappa shape index (κ1) is 43.7. The molecule has 0 saturated carbocycles. The molecule has 0 aromatic carbocycles. The van der Waals surface area contributed by atoms with Gasteiger partial charge in [0.05, 0.1) is 33.0 Å². The minimum absolute atomic E-state index is 0.137. The molecular weight excluding hydrogens is 728 g/mol. The highest BCUT2D eigenvalue weighted by Crippen LogP contribution is 2.34. The molecule has 4 rings (SSSR count). The Morgan fingerprint density at radius 2 is 1.02 bits per heavy atom. The van der Waals surface area contributed by atoms with Crippen molar-refractivity contribution in [3.8, 4) is 0 Å². The summed E-state index contributed by atoms with van der Waals surface area (Å²) in [6.45, 7) is -2.71. The minimum Gasteiger partial charge on any atom is -0.394 e. The summed E-state index contributed by atoms with van der Waals surface area (Å²) in [6.07, 6.45) is -32.8. The van der Waals surface area contributed by atoms with E-state index in [1.54, 1.807) is 0 Å². The summed E-state index contributed by atoms with van der Waals surface area (Å²) in [5, 5.41) is 131. The Bertz CT molecular complexity index is 1200. The van der Waals surface area contributed by atoms with E-state index in [2.05, 4.69) is 15.3 Å². The van der Waals surface area contributed by atoms with Gasteiger partial charge in [-0.15, -0.1) is 0 Å². The van der Waals surface area contributed by atoms with Crippen LogP contribution in [0.5, 0.6) is 0 Å². The third-order valence-corrected chi connectivity index (χ3v) is 9.12. The normalized spacial score (nSPS) is 46.4. The maximum absolute atomic E-state index is 12.2. The van der Waals surface area contributed by atoms with Crippen LogP contribution in [0.15, 0.2) is 5.11 Å².